The van der Waals surface area contributed by atoms with Gasteiger partial charge in [-0.1, -0.05) is 53.7 Å². The predicted octanol–water partition coefficient (Wildman–Crippen LogP) is 3.46. The number of aryl methyl sites for hydroxylation is 1. The molecule has 4 nitrogen and oxygen atoms in total. The summed E-state index contributed by atoms with van der Waals surface area (Å²) in [4.78, 5) is 2.27. The first-order valence-corrected chi connectivity index (χ1v) is 10.4. The smallest absolute Gasteiger partial charge is 0.284 e. The standard InChI is InChI=1S/C18H20N2O2S2/c1-14-7-9-17(10-8-14)24(21,22)19-18(23-2)20-12-11-15-5-3-4-6-16(15)13-20/h3-10H,11-13H2,1-2H3. The number of amidine groups is 1. The average molecular weight is 361 g/mol. The fourth-order valence-corrected chi connectivity index (χ4v) is 4.66. The Morgan fingerprint density at radius 1 is 1.08 bits per heavy atom. The second-order valence-corrected chi connectivity index (χ2v) is 8.18. The zero-order valence-electron chi connectivity index (χ0n) is 13.8. The van der Waals surface area contributed by atoms with E-state index in [0.717, 1.165) is 18.5 Å². The van der Waals surface area contributed by atoms with E-state index in [0.29, 0.717) is 11.7 Å². The molecule has 0 fully saturated rings. The Morgan fingerprint density at radius 3 is 2.42 bits per heavy atom. The van der Waals surface area contributed by atoms with Crippen LogP contribution in [0.15, 0.2) is 57.8 Å². The van der Waals surface area contributed by atoms with Crippen molar-refractivity contribution in [3.63, 3.8) is 0 Å². The summed E-state index contributed by atoms with van der Waals surface area (Å²) in [5.74, 6) is 0. The first-order chi connectivity index (χ1) is 11.5. The summed E-state index contributed by atoms with van der Waals surface area (Å²) in [6.07, 6.45) is 2.77. The molecule has 0 amide bonds. The van der Waals surface area contributed by atoms with Crippen molar-refractivity contribution in [2.24, 2.45) is 4.40 Å². The molecule has 0 atom stereocenters. The lowest BCUT2D eigenvalue weighted by Crippen LogP contribution is -2.34. The Morgan fingerprint density at radius 2 is 1.75 bits per heavy atom. The van der Waals surface area contributed by atoms with Crippen molar-refractivity contribution >= 4 is 27.0 Å². The van der Waals surface area contributed by atoms with E-state index in [-0.39, 0.29) is 4.90 Å². The van der Waals surface area contributed by atoms with Crippen LogP contribution in [0.25, 0.3) is 0 Å². The van der Waals surface area contributed by atoms with Gasteiger partial charge >= 0.3 is 0 Å². The van der Waals surface area contributed by atoms with E-state index in [1.54, 1.807) is 24.3 Å². The lowest BCUT2D eigenvalue weighted by molar-refractivity contribution is 0.402. The van der Waals surface area contributed by atoms with Gasteiger partial charge in [0, 0.05) is 13.1 Å². The highest BCUT2D eigenvalue weighted by Gasteiger charge is 2.21. The van der Waals surface area contributed by atoms with E-state index < -0.39 is 10.0 Å². The molecule has 0 N–H and O–H groups in total. The van der Waals surface area contributed by atoms with E-state index in [9.17, 15) is 8.42 Å². The molecule has 0 bridgehead atoms. The van der Waals surface area contributed by atoms with E-state index in [2.05, 4.69) is 16.5 Å². The number of thioether (sulfide) groups is 1. The number of benzene rings is 2. The molecular formula is C18H20N2O2S2. The van der Waals surface area contributed by atoms with Crippen LogP contribution in [0, 0.1) is 6.92 Å². The molecule has 24 heavy (non-hydrogen) atoms. The van der Waals surface area contributed by atoms with Crippen molar-refractivity contribution in [2.45, 2.75) is 24.8 Å². The summed E-state index contributed by atoms with van der Waals surface area (Å²) in [6.45, 7) is 3.40. The lowest BCUT2D eigenvalue weighted by Gasteiger charge is -2.30. The number of hydrogen-bond donors (Lipinski definition) is 0. The predicted molar refractivity (Wildman–Crippen MR) is 99.9 cm³/mol. The fourth-order valence-electron chi connectivity index (χ4n) is 2.75. The molecule has 0 radical (unpaired) electrons. The van der Waals surface area contributed by atoms with Gasteiger partial charge in [-0.05, 0) is 42.9 Å². The maximum absolute atomic E-state index is 12.6. The monoisotopic (exact) mass is 360 g/mol. The van der Waals surface area contributed by atoms with Gasteiger partial charge in [-0.2, -0.15) is 8.42 Å². The van der Waals surface area contributed by atoms with Crippen molar-refractivity contribution in [3.05, 3.63) is 65.2 Å². The summed E-state index contributed by atoms with van der Waals surface area (Å²) < 4.78 is 29.2. The molecule has 126 valence electrons. The van der Waals surface area contributed by atoms with Gasteiger partial charge in [0.05, 0.1) is 4.90 Å². The van der Waals surface area contributed by atoms with Crippen molar-refractivity contribution in [2.75, 3.05) is 12.8 Å². The quantitative estimate of drug-likeness (QED) is 0.608. The largest absolute Gasteiger partial charge is 0.346 e. The SMILES string of the molecule is CSC(=NS(=O)(=O)c1ccc(C)cc1)N1CCc2ccccc2C1. The molecule has 0 saturated carbocycles. The van der Waals surface area contributed by atoms with E-state index in [1.165, 1.54) is 22.9 Å². The zero-order chi connectivity index (χ0) is 17.2. The number of rotatable bonds is 2. The van der Waals surface area contributed by atoms with Crippen molar-refractivity contribution < 1.29 is 8.42 Å². The number of nitrogens with zero attached hydrogens (tertiary/aromatic N) is 2. The maximum atomic E-state index is 12.6. The highest BCUT2D eigenvalue weighted by Crippen LogP contribution is 2.23. The molecule has 1 aliphatic rings. The maximum Gasteiger partial charge on any atom is 0.284 e. The van der Waals surface area contributed by atoms with E-state index in [4.69, 9.17) is 0 Å². The minimum atomic E-state index is -3.69. The summed E-state index contributed by atoms with van der Waals surface area (Å²) in [7, 11) is -3.69. The van der Waals surface area contributed by atoms with Crippen LogP contribution in [0.2, 0.25) is 0 Å². The molecule has 3 rings (SSSR count). The Kier molecular flexibility index (Phi) is 4.96. The van der Waals surface area contributed by atoms with Crippen LogP contribution in [-0.4, -0.2) is 31.3 Å². The third-order valence-corrected chi connectivity index (χ3v) is 6.21. The Bertz CT molecular complexity index is 859. The molecule has 0 aliphatic carbocycles. The summed E-state index contributed by atoms with van der Waals surface area (Å²) in [6, 6.07) is 15.1. The highest BCUT2D eigenvalue weighted by atomic mass is 32.2. The fraction of sp³-hybridized carbons (Fsp3) is 0.278. The average Bonchev–Trinajstić information content (AvgIpc) is 2.59. The number of fused-ring (bicyclic) bond motifs is 1. The van der Waals surface area contributed by atoms with Gasteiger partial charge in [-0.25, -0.2) is 0 Å². The van der Waals surface area contributed by atoms with E-state index >= 15 is 0 Å². The van der Waals surface area contributed by atoms with Crippen molar-refractivity contribution in [1.82, 2.24) is 4.90 Å². The van der Waals surface area contributed by atoms with Gasteiger partial charge < -0.3 is 4.90 Å². The first kappa shape index (κ1) is 17.0. The number of hydrogen-bond acceptors (Lipinski definition) is 3. The highest BCUT2D eigenvalue weighted by molar-refractivity contribution is 8.13. The van der Waals surface area contributed by atoms with Gasteiger partial charge in [0.25, 0.3) is 10.0 Å². The minimum Gasteiger partial charge on any atom is -0.346 e. The first-order valence-electron chi connectivity index (χ1n) is 7.77. The molecule has 0 spiro atoms. The van der Waals surface area contributed by atoms with Crippen molar-refractivity contribution in [1.29, 1.82) is 0 Å². The van der Waals surface area contributed by atoms with Crippen LogP contribution in [0.4, 0.5) is 0 Å². The third-order valence-electron chi connectivity index (χ3n) is 4.10. The van der Waals surface area contributed by atoms with Crippen LogP contribution in [0.1, 0.15) is 16.7 Å². The third kappa shape index (κ3) is 3.65. The molecule has 1 heterocycles. The van der Waals surface area contributed by atoms with Crippen LogP contribution < -0.4 is 0 Å². The topological polar surface area (TPSA) is 49.7 Å². The lowest BCUT2D eigenvalue weighted by atomic mass is 10.0. The van der Waals surface area contributed by atoms with Crippen LogP contribution >= 0.6 is 11.8 Å². The summed E-state index contributed by atoms with van der Waals surface area (Å²) in [5.41, 5.74) is 3.59. The van der Waals surface area contributed by atoms with Crippen molar-refractivity contribution in [3.8, 4) is 0 Å². The Hall–Kier alpha value is -1.79. The normalized spacial score (nSPS) is 15.2. The summed E-state index contributed by atoms with van der Waals surface area (Å²) in [5, 5.41) is 0.546. The van der Waals surface area contributed by atoms with Gasteiger partial charge in [0.15, 0.2) is 5.17 Å². The van der Waals surface area contributed by atoms with Crippen LogP contribution in [-0.2, 0) is 23.0 Å². The second-order valence-electron chi connectivity index (χ2n) is 5.81. The summed E-state index contributed by atoms with van der Waals surface area (Å²) >= 11 is 1.37. The van der Waals surface area contributed by atoms with Gasteiger partial charge in [-0.15, -0.1) is 4.40 Å². The molecule has 2 aromatic rings. The van der Waals surface area contributed by atoms with Crippen LogP contribution in [0.3, 0.4) is 0 Å². The number of sulfonamides is 1. The van der Waals surface area contributed by atoms with Gasteiger partial charge in [0.1, 0.15) is 0 Å². The molecular weight excluding hydrogens is 340 g/mol. The Balaban J connectivity index is 1.88. The molecule has 0 aromatic heterocycles. The molecule has 1 aliphatic heterocycles. The minimum absolute atomic E-state index is 0.233. The molecule has 6 heteroatoms. The zero-order valence-corrected chi connectivity index (χ0v) is 15.4. The second kappa shape index (κ2) is 6.99. The molecule has 0 saturated heterocycles. The van der Waals surface area contributed by atoms with Gasteiger partial charge in [-0.3, -0.25) is 0 Å². The molecule has 0 unspecified atom stereocenters. The van der Waals surface area contributed by atoms with Crippen LogP contribution in [0.5, 0.6) is 0 Å². The van der Waals surface area contributed by atoms with E-state index in [1.807, 2.05) is 30.2 Å². The molecule has 2 aromatic carbocycles. The van der Waals surface area contributed by atoms with Gasteiger partial charge in [0.2, 0.25) is 0 Å². The Labute approximate surface area is 147 Å².